The molecule has 0 saturated heterocycles. The minimum absolute atomic E-state index is 0.222. The Kier molecular flexibility index (Phi) is 12.0. The number of carbonyl (C=O) groups is 1. The molecule has 0 fully saturated rings. The van der Waals surface area contributed by atoms with E-state index in [9.17, 15) is 13.2 Å². The third kappa shape index (κ3) is 11.2. The minimum atomic E-state index is -3.89. The van der Waals surface area contributed by atoms with Gasteiger partial charge in [0.05, 0.1) is 25.4 Å². The zero-order valence-electron chi connectivity index (χ0n) is 13.4. The lowest BCUT2D eigenvalue weighted by Gasteiger charge is -2.36. The molecule has 0 radical (unpaired) electrons. The predicted molar refractivity (Wildman–Crippen MR) is 80.1 cm³/mol. The van der Waals surface area contributed by atoms with Crippen molar-refractivity contribution in [1.29, 1.82) is 0 Å². The van der Waals surface area contributed by atoms with Crippen LogP contribution in [0.2, 0.25) is 0 Å². The number of likely N-dealkylation sites (N-methyl/N-ethyl adjacent to an activating group) is 1. The summed E-state index contributed by atoms with van der Waals surface area (Å²) in [5.74, 6) is -0.529. The van der Waals surface area contributed by atoms with Gasteiger partial charge in [-0.05, 0) is 13.8 Å². The third-order valence-electron chi connectivity index (χ3n) is 3.25. The summed E-state index contributed by atoms with van der Waals surface area (Å²) < 4.78 is 35.7. The van der Waals surface area contributed by atoms with Gasteiger partial charge in [-0.15, -0.1) is 0 Å². The van der Waals surface area contributed by atoms with E-state index in [2.05, 4.69) is 0 Å². The van der Waals surface area contributed by atoms with Gasteiger partial charge in [-0.3, -0.25) is 9.35 Å². The molecule has 0 bridgehead atoms. The Hall–Kier alpha value is -0.660. The average molecular weight is 312 g/mol. The number of rotatable bonds is 9. The van der Waals surface area contributed by atoms with Crippen molar-refractivity contribution in [3.05, 3.63) is 0 Å². The Balaban J connectivity index is 0. The molecule has 0 unspecified atom stereocenters. The minimum Gasteiger partial charge on any atom is -0.460 e. The van der Waals surface area contributed by atoms with Gasteiger partial charge >= 0.3 is 5.97 Å². The maximum atomic E-state index is 10.7. The topological polar surface area (TPSA) is 80.7 Å². The summed E-state index contributed by atoms with van der Waals surface area (Å²) in [4.78, 5) is 10.7. The summed E-state index contributed by atoms with van der Waals surface area (Å²) in [6.07, 6.45) is 0.403. The highest BCUT2D eigenvalue weighted by molar-refractivity contribution is 7.85. The van der Waals surface area contributed by atoms with Crippen LogP contribution in [0.1, 0.15) is 41.0 Å². The molecule has 0 rings (SSSR count). The van der Waals surface area contributed by atoms with E-state index in [-0.39, 0.29) is 11.7 Å². The second-order valence-electron chi connectivity index (χ2n) is 4.40. The summed E-state index contributed by atoms with van der Waals surface area (Å²) in [5.41, 5.74) is 0. The van der Waals surface area contributed by atoms with Crippen LogP contribution in [0.25, 0.3) is 0 Å². The van der Waals surface area contributed by atoms with Crippen LogP contribution in [-0.4, -0.2) is 62.0 Å². The van der Waals surface area contributed by atoms with Crippen LogP contribution >= 0.6 is 0 Å². The molecule has 0 saturated carbocycles. The van der Waals surface area contributed by atoms with Gasteiger partial charge in [0, 0.05) is 13.3 Å². The Morgan fingerprint density at radius 1 is 1.15 bits per heavy atom. The standard InChI is InChI=1S/C11H23NO5S.C2H6/c1-4-12(5-2,8-9-17-11(3)13)7-6-10-18(14,15)16;1-2/h4-10H2,1-3H3;1-2H3/p+1. The van der Waals surface area contributed by atoms with Gasteiger partial charge in [0.2, 0.25) is 0 Å². The number of carbonyl (C=O) groups excluding carboxylic acids is 1. The largest absolute Gasteiger partial charge is 0.460 e. The zero-order valence-corrected chi connectivity index (χ0v) is 14.2. The first-order valence-corrected chi connectivity index (χ1v) is 8.79. The molecule has 0 heterocycles. The molecule has 0 atom stereocenters. The lowest BCUT2D eigenvalue weighted by Crippen LogP contribution is -2.50. The number of hydrogen-bond donors (Lipinski definition) is 1. The van der Waals surface area contributed by atoms with E-state index in [0.29, 0.717) is 30.6 Å². The van der Waals surface area contributed by atoms with E-state index in [1.807, 2.05) is 27.7 Å². The molecule has 0 aliphatic rings. The van der Waals surface area contributed by atoms with Gasteiger partial charge in [0.25, 0.3) is 10.1 Å². The molecule has 0 aromatic carbocycles. The molecular weight excluding hydrogens is 282 g/mol. The van der Waals surface area contributed by atoms with E-state index in [1.165, 1.54) is 6.92 Å². The van der Waals surface area contributed by atoms with E-state index >= 15 is 0 Å². The second kappa shape index (κ2) is 11.0. The number of hydrogen-bond acceptors (Lipinski definition) is 4. The van der Waals surface area contributed by atoms with Gasteiger partial charge < -0.3 is 9.22 Å². The number of nitrogens with zero attached hydrogens (tertiary/aromatic N) is 1. The third-order valence-corrected chi connectivity index (χ3v) is 4.05. The Morgan fingerprint density at radius 3 is 2.00 bits per heavy atom. The van der Waals surface area contributed by atoms with Crippen molar-refractivity contribution in [2.24, 2.45) is 0 Å². The molecule has 7 heteroatoms. The Bertz CT molecular complexity index is 350. The van der Waals surface area contributed by atoms with Crippen LogP contribution in [0.15, 0.2) is 0 Å². The summed E-state index contributed by atoms with van der Waals surface area (Å²) in [7, 11) is -3.89. The normalized spacial score (nSPS) is 11.5. The van der Waals surface area contributed by atoms with E-state index in [0.717, 1.165) is 13.1 Å². The van der Waals surface area contributed by atoms with E-state index in [1.54, 1.807) is 0 Å². The molecule has 0 amide bonds. The smallest absolute Gasteiger partial charge is 0.302 e. The maximum Gasteiger partial charge on any atom is 0.302 e. The zero-order chi connectivity index (χ0) is 16.2. The van der Waals surface area contributed by atoms with E-state index in [4.69, 9.17) is 9.29 Å². The summed E-state index contributed by atoms with van der Waals surface area (Å²) in [6.45, 7) is 12.7. The molecule has 0 aromatic rings. The van der Waals surface area contributed by atoms with Crippen LogP contribution in [0.3, 0.4) is 0 Å². The SMILES string of the molecule is CC.CC[N+](CC)(CCCS(=O)(=O)O)CCOC(C)=O. The Labute approximate surface area is 123 Å². The summed E-state index contributed by atoms with van der Waals surface area (Å²) in [5, 5.41) is 0. The summed E-state index contributed by atoms with van der Waals surface area (Å²) >= 11 is 0. The van der Waals surface area contributed by atoms with Gasteiger partial charge in [-0.1, -0.05) is 13.8 Å². The monoisotopic (exact) mass is 312 g/mol. The number of esters is 1. The fraction of sp³-hybridized carbons (Fsp3) is 0.923. The van der Waals surface area contributed by atoms with Crippen molar-refractivity contribution < 1.29 is 27.0 Å². The maximum absolute atomic E-state index is 10.7. The number of ether oxygens (including phenoxy) is 1. The molecule has 0 aliphatic carbocycles. The van der Waals surface area contributed by atoms with Gasteiger partial charge in [0.15, 0.2) is 0 Å². The van der Waals surface area contributed by atoms with Gasteiger partial charge in [-0.25, -0.2) is 0 Å². The van der Waals surface area contributed by atoms with Crippen molar-refractivity contribution in [2.75, 3.05) is 38.5 Å². The van der Waals surface area contributed by atoms with Crippen molar-refractivity contribution in [3.8, 4) is 0 Å². The van der Waals surface area contributed by atoms with Crippen molar-refractivity contribution >= 4 is 16.1 Å². The van der Waals surface area contributed by atoms with Gasteiger partial charge in [-0.2, -0.15) is 8.42 Å². The first-order chi connectivity index (χ1) is 9.24. The Morgan fingerprint density at radius 2 is 1.65 bits per heavy atom. The quantitative estimate of drug-likeness (QED) is 0.398. The molecule has 0 aliphatic heterocycles. The highest BCUT2D eigenvalue weighted by Gasteiger charge is 2.23. The first kappa shape index (κ1) is 21.6. The molecule has 20 heavy (non-hydrogen) atoms. The van der Waals surface area contributed by atoms with Crippen LogP contribution in [0.4, 0.5) is 0 Å². The first-order valence-electron chi connectivity index (χ1n) is 7.18. The van der Waals surface area contributed by atoms with Crippen molar-refractivity contribution in [3.63, 3.8) is 0 Å². The molecule has 0 spiro atoms. The lowest BCUT2D eigenvalue weighted by atomic mass is 10.3. The fourth-order valence-electron chi connectivity index (χ4n) is 1.93. The van der Waals surface area contributed by atoms with Crippen molar-refractivity contribution in [2.45, 2.75) is 41.0 Å². The molecular formula is C13H30NO5S+. The molecule has 1 N–H and O–H groups in total. The van der Waals surface area contributed by atoms with Crippen LogP contribution in [-0.2, 0) is 19.6 Å². The van der Waals surface area contributed by atoms with Gasteiger partial charge in [0.1, 0.15) is 13.2 Å². The fourth-order valence-corrected chi connectivity index (χ4v) is 2.43. The average Bonchev–Trinajstić information content (AvgIpc) is 2.37. The molecule has 122 valence electrons. The highest BCUT2D eigenvalue weighted by Crippen LogP contribution is 2.08. The number of quaternary nitrogens is 1. The molecule has 6 nitrogen and oxygen atoms in total. The second-order valence-corrected chi connectivity index (χ2v) is 5.97. The van der Waals surface area contributed by atoms with Crippen molar-refractivity contribution in [1.82, 2.24) is 0 Å². The van der Waals surface area contributed by atoms with E-state index < -0.39 is 10.1 Å². The van der Waals surface area contributed by atoms with Crippen LogP contribution in [0, 0.1) is 0 Å². The predicted octanol–water partition coefficient (Wildman–Crippen LogP) is 1.71. The van der Waals surface area contributed by atoms with Crippen LogP contribution < -0.4 is 0 Å². The highest BCUT2D eigenvalue weighted by atomic mass is 32.2. The summed E-state index contributed by atoms with van der Waals surface area (Å²) in [6, 6.07) is 0. The van der Waals surface area contributed by atoms with Crippen LogP contribution in [0.5, 0.6) is 0 Å². The lowest BCUT2D eigenvalue weighted by molar-refractivity contribution is -0.925. The molecule has 0 aromatic heterocycles.